The van der Waals surface area contributed by atoms with Crippen LogP contribution in [-0.4, -0.2) is 60.6 Å². The Morgan fingerprint density at radius 3 is 2.66 bits per heavy atom. The van der Waals surface area contributed by atoms with Crippen LogP contribution >= 0.6 is 0 Å². The van der Waals surface area contributed by atoms with Crippen molar-refractivity contribution in [3.05, 3.63) is 77.6 Å². The Hall–Kier alpha value is -4.03. The fourth-order valence-corrected chi connectivity index (χ4v) is 6.84. The number of anilines is 1. The van der Waals surface area contributed by atoms with Gasteiger partial charge in [-0.3, -0.25) is 9.78 Å². The summed E-state index contributed by atoms with van der Waals surface area (Å²) in [5.41, 5.74) is 2.38. The maximum atomic E-state index is 13.6. The highest BCUT2D eigenvalue weighted by Gasteiger charge is 2.76. The average molecular weight is 578 g/mol. The highest BCUT2D eigenvalue weighted by Crippen LogP contribution is 2.65. The molecule has 0 unspecified atom stereocenters. The van der Waals surface area contributed by atoms with Crippen LogP contribution in [0.3, 0.4) is 0 Å². The van der Waals surface area contributed by atoms with Crippen molar-refractivity contribution in [2.45, 2.75) is 30.4 Å². The van der Waals surface area contributed by atoms with Crippen molar-refractivity contribution >= 4 is 32.5 Å². The molecule has 210 valence electrons. The van der Waals surface area contributed by atoms with Gasteiger partial charge in [-0.15, -0.1) is 0 Å². The number of sulfone groups is 1. The minimum atomic E-state index is -3.53. The number of carbonyl (C=O) groups is 1. The van der Waals surface area contributed by atoms with Crippen LogP contribution < -0.4 is 10.2 Å². The van der Waals surface area contributed by atoms with Gasteiger partial charge in [-0.2, -0.15) is 0 Å². The lowest BCUT2D eigenvalue weighted by atomic mass is 9.96. The van der Waals surface area contributed by atoms with E-state index in [-0.39, 0.29) is 42.4 Å². The molecule has 7 rings (SSSR count). The van der Waals surface area contributed by atoms with Crippen molar-refractivity contribution in [1.82, 2.24) is 20.3 Å². The third kappa shape index (κ3) is 4.60. The summed E-state index contributed by atoms with van der Waals surface area (Å²) in [6.07, 6.45) is 1.62. The van der Waals surface area contributed by atoms with Gasteiger partial charge >= 0.3 is 0 Å². The number of halogens is 2. The Labute approximate surface area is 234 Å². The maximum absolute atomic E-state index is 13.6. The van der Waals surface area contributed by atoms with Crippen LogP contribution in [0.1, 0.15) is 28.0 Å². The number of pyridine rings is 3. The zero-order valence-corrected chi connectivity index (χ0v) is 22.6. The molecule has 0 atom stereocenters. The van der Waals surface area contributed by atoms with Gasteiger partial charge in [-0.25, -0.2) is 27.2 Å². The van der Waals surface area contributed by atoms with Crippen molar-refractivity contribution in [3.8, 4) is 11.4 Å². The number of carbonyl (C=O) groups excluding carboxylic acids is 1. The van der Waals surface area contributed by atoms with Crippen LogP contribution in [-0.2, 0) is 27.7 Å². The van der Waals surface area contributed by atoms with Gasteiger partial charge in [0.05, 0.1) is 58.4 Å². The highest BCUT2D eigenvalue weighted by molar-refractivity contribution is 7.91. The molecule has 9 nitrogen and oxygen atoms in total. The number of aromatic nitrogens is 3. The molecule has 5 heterocycles. The summed E-state index contributed by atoms with van der Waals surface area (Å²) in [5.74, 6) is -2.47. The van der Waals surface area contributed by atoms with Crippen molar-refractivity contribution in [1.29, 1.82) is 0 Å². The van der Waals surface area contributed by atoms with E-state index in [1.807, 2.05) is 35.2 Å². The molecule has 0 bridgehead atoms. The fourth-order valence-electron chi connectivity index (χ4n) is 5.45. The second-order valence-electron chi connectivity index (χ2n) is 10.8. The molecule has 2 fully saturated rings. The molecule has 2 aliphatic heterocycles. The van der Waals surface area contributed by atoms with E-state index in [1.54, 1.807) is 24.4 Å². The number of nitrogens with zero attached hydrogens (tertiary/aromatic N) is 4. The minimum absolute atomic E-state index is 0.0517. The van der Waals surface area contributed by atoms with Crippen LogP contribution in [0.2, 0.25) is 0 Å². The quantitative estimate of drug-likeness (QED) is 0.381. The average Bonchev–Trinajstić information content (AvgIpc) is 3.58. The monoisotopic (exact) mass is 577 g/mol. The number of ether oxygens (including phenoxy) is 1. The van der Waals surface area contributed by atoms with E-state index in [4.69, 9.17) is 9.72 Å². The van der Waals surface area contributed by atoms with Gasteiger partial charge < -0.3 is 15.0 Å². The fraction of sp³-hybridized carbons (Fsp3) is 0.310. The topological polar surface area (TPSA) is 114 Å². The zero-order chi connectivity index (χ0) is 28.4. The van der Waals surface area contributed by atoms with E-state index < -0.39 is 27.1 Å². The number of rotatable bonds is 5. The number of benzene rings is 1. The van der Waals surface area contributed by atoms with Gasteiger partial charge in [0.1, 0.15) is 5.82 Å². The summed E-state index contributed by atoms with van der Waals surface area (Å²) >= 11 is 0. The first-order valence-electron chi connectivity index (χ1n) is 13.2. The number of nitrogens with one attached hydrogen (secondary N) is 1. The number of amides is 1. The standard InChI is InChI=1S/C29H25F2N5O4S/c30-29(31)15-28(29)16-36(17-28)26-3-1-2-22(35-26)23-7-6-19-12-32-21(11-24(19)34-23)13-33-27(37)18-4-5-20-14-40-8-9-41(38,39)25(20)10-18/h1-7,10-12H,8-9,13-17H2,(H,33,37). The molecule has 1 saturated heterocycles. The summed E-state index contributed by atoms with van der Waals surface area (Å²) in [5, 5.41) is 3.60. The normalized spacial score (nSPS) is 19.7. The van der Waals surface area contributed by atoms with Gasteiger partial charge in [-0.1, -0.05) is 12.1 Å². The molecule has 3 aromatic heterocycles. The summed E-state index contributed by atoms with van der Waals surface area (Å²) in [4.78, 5) is 28.7. The number of hydrogen-bond acceptors (Lipinski definition) is 8. The van der Waals surface area contributed by atoms with E-state index in [0.29, 0.717) is 47.1 Å². The van der Waals surface area contributed by atoms with Crippen molar-refractivity contribution in [2.24, 2.45) is 5.41 Å². The predicted molar refractivity (Wildman–Crippen MR) is 146 cm³/mol. The Kier molecular flexibility index (Phi) is 5.84. The second-order valence-corrected chi connectivity index (χ2v) is 12.9. The van der Waals surface area contributed by atoms with Gasteiger partial charge in [-0.05, 0) is 48.0 Å². The Bertz CT molecular complexity index is 1830. The molecule has 1 N–H and O–H groups in total. The summed E-state index contributed by atoms with van der Waals surface area (Å²) in [7, 11) is -3.53. The lowest BCUT2D eigenvalue weighted by Gasteiger charge is -2.40. The zero-order valence-electron chi connectivity index (χ0n) is 21.8. The summed E-state index contributed by atoms with van der Waals surface area (Å²) in [6, 6.07) is 15.6. The predicted octanol–water partition coefficient (Wildman–Crippen LogP) is 3.77. The Morgan fingerprint density at radius 1 is 1.05 bits per heavy atom. The number of alkyl halides is 2. The SMILES string of the molecule is O=C(NCc1cc2nc(-c3cccc(N4CC5(C4)CC5(F)F)n3)ccc2cn1)c1ccc2c(c1)S(=O)(=O)CCOC2. The molecule has 1 amide bonds. The summed E-state index contributed by atoms with van der Waals surface area (Å²) in [6.45, 7) is 1.02. The minimum Gasteiger partial charge on any atom is -0.376 e. The number of hydrogen-bond donors (Lipinski definition) is 1. The number of fused-ring (bicyclic) bond motifs is 2. The van der Waals surface area contributed by atoms with E-state index in [1.165, 1.54) is 6.07 Å². The molecule has 4 aromatic rings. The van der Waals surface area contributed by atoms with E-state index in [9.17, 15) is 22.0 Å². The lowest BCUT2D eigenvalue weighted by molar-refractivity contribution is 0.0518. The van der Waals surface area contributed by atoms with Gasteiger partial charge in [0.25, 0.3) is 11.8 Å². The highest BCUT2D eigenvalue weighted by atomic mass is 32.2. The van der Waals surface area contributed by atoms with Crippen LogP contribution in [0, 0.1) is 5.41 Å². The van der Waals surface area contributed by atoms with Crippen LogP contribution in [0.5, 0.6) is 0 Å². The second kappa shape index (κ2) is 9.25. The molecule has 0 radical (unpaired) electrons. The Morgan fingerprint density at radius 2 is 1.85 bits per heavy atom. The molecule has 1 saturated carbocycles. The van der Waals surface area contributed by atoms with Crippen molar-refractivity contribution in [2.75, 3.05) is 30.3 Å². The third-order valence-electron chi connectivity index (χ3n) is 8.00. The van der Waals surface area contributed by atoms with Gasteiger partial charge in [0.2, 0.25) is 0 Å². The van der Waals surface area contributed by atoms with Crippen LogP contribution in [0.25, 0.3) is 22.3 Å². The molecule has 41 heavy (non-hydrogen) atoms. The van der Waals surface area contributed by atoms with E-state index in [0.717, 1.165) is 5.39 Å². The van der Waals surface area contributed by atoms with Crippen LogP contribution in [0.4, 0.5) is 14.6 Å². The maximum Gasteiger partial charge on any atom is 0.258 e. The molecule has 1 spiro atoms. The molecular weight excluding hydrogens is 552 g/mol. The smallest absolute Gasteiger partial charge is 0.258 e. The third-order valence-corrected chi connectivity index (χ3v) is 9.75. The van der Waals surface area contributed by atoms with Crippen molar-refractivity contribution in [3.63, 3.8) is 0 Å². The van der Waals surface area contributed by atoms with E-state index >= 15 is 0 Å². The first kappa shape index (κ1) is 25.9. The molecule has 1 aromatic carbocycles. The summed E-state index contributed by atoms with van der Waals surface area (Å²) < 4.78 is 57.7. The molecule has 12 heteroatoms. The first-order chi connectivity index (χ1) is 19.6. The lowest BCUT2D eigenvalue weighted by Crippen LogP contribution is -2.51. The molecule has 1 aliphatic carbocycles. The van der Waals surface area contributed by atoms with Crippen molar-refractivity contribution < 1.29 is 26.7 Å². The largest absolute Gasteiger partial charge is 0.376 e. The first-order valence-corrected chi connectivity index (χ1v) is 14.9. The van der Waals surface area contributed by atoms with E-state index in [2.05, 4.69) is 15.3 Å². The molecular formula is C29H25F2N5O4S. The molecule has 3 aliphatic rings. The van der Waals surface area contributed by atoms with Gasteiger partial charge in [0.15, 0.2) is 9.84 Å². The van der Waals surface area contributed by atoms with Crippen LogP contribution in [0.15, 0.2) is 65.7 Å². The Balaban J connectivity index is 1.07. The van der Waals surface area contributed by atoms with Gasteiger partial charge in [0, 0.05) is 36.7 Å².